The van der Waals surface area contributed by atoms with Crippen LogP contribution < -0.4 is 5.32 Å². The van der Waals surface area contributed by atoms with Crippen molar-refractivity contribution >= 4 is 12.3 Å². The first kappa shape index (κ1) is 11.6. The van der Waals surface area contributed by atoms with Crippen molar-refractivity contribution in [2.75, 3.05) is 6.54 Å². The van der Waals surface area contributed by atoms with Crippen LogP contribution in [0.3, 0.4) is 0 Å². The first-order valence-corrected chi connectivity index (χ1v) is 5.84. The van der Waals surface area contributed by atoms with Gasteiger partial charge in [0.25, 0.3) is 0 Å². The number of hydrogen-bond donors (Lipinski definition) is 1. The van der Waals surface area contributed by atoms with Gasteiger partial charge in [-0.2, -0.15) is 0 Å². The van der Waals surface area contributed by atoms with Gasteiger partial charge in [0.05, 0.1) is 0 Å². The molecular weight excluding hydrogens is 216 g/mol. The standard InChI is InChI=1S/C13H16N2O2/c16-8-4-3-7-14-13(17)15-9-11-5-1-2-6-12(11)10-15/h1-2,5-6,8H,3-4,7,9-10H2,(H,14,17). The van der Waals surface area contributed by atoms with E-state index in [0.29, 0.717) is 32.5 Å². The van der Waals surface area contributed by atoms with Crippen molar-refractivity contribution in [3.63, 3.8) is 0 Å². The zero-order chi connectivity index (χ0) is 12.1. The van der Waals surface area contributed by atoms with Crippen LogP contribution in [-0.2, 0) is 17.9 Å². The molecule has 17 heavy (non-hydrogen) atoms. The Hall–Kier alpha value is -1.84. The topological polar surface area (TPSA) is 49.4 Å². The van der Waals surface area contributed by atoms with E-state index in [-0.39, 0.29) is 6.03 Å². The lowest BCUT2D eigenvalue weighted by Gasteiger charge is -2.16. The highest BCUT2D eigenvalue weighted by molar-refractivity contribution is 5.75. The number of amides is 2. The maximum Gasteiger partial charge on any atom is 0.318 e. The van der Waals surface area contributed by atoms with Crippen molar-refractivity contribution in [3.05, 3.63) is 35.4 Å². The van der Waals surface area contributed by atoms with Gasteiger partial charge in [-0.3, -0.25) is 0 Å². The van der Waals surface area contributed by atoms with Crippen molar-refractivity contribution in [1.82, 2.24) is 10.2 Å². The Kier molecular flexibility index (Phi) is 3.75. The minimum atomic E-state index is -0.0490. The van der Waals surface area contributed by atoms with E-state index in [1.165, 1.54) is 11.1 Å². The van der Waals surface area contributed by atoms with E-state index in [4.69, 9.17) is 0 Å². The molecule has 0 radical (unpaired) electrons. The molecule has 4 nitrogen and oxygen atoms in total. The van der Waals surface area contributed by atoms with E-state index in [2.05, 4.69) is 17.4 Å². The maximum atomic E-state index is 11.8. The summed E-state index contributed by atoms with van der Waals surface area (Å²) in [4.78, 5) is 23.7. The largest absolute Gasteiger partial charge is 0.338 e. The summed E-state index contributed by atoms with van der Waals surface area (Å²) < 4.78 is 0. The number of rotatable bonds is 4. The second kappa shape index (κ2) is 5.48. The van der Waals surface area contributed by atoms with Gasteiger partial charge in [-0.15, -0.1) is 0 Å². The molecule has 1 N–H and O–H groups in total. The zero-order valence-electron chi connectivity index (χ0n) is 9.69. The van der Waals surface area contributed by atoms with Gasteiger partial charge in [0.1, 0.15) is 6.29 Å². The quantitative estimate of drug-likeness (QED) is 0.634. The zero-order valence-corrected chi connectivity index (χ0v) is 9.69. The van der Waals surface area contributed by atoms with Gasteiger partial charge in [-0.05, 0) is 17.5 Å². The molecule has 0 unspecified atom stereocenters. The average molecular weight is 232 g/mol. The molecule has 2 rings (SSSR count). The number of hydrogen-bond acceptors (Lipinski definition) is 2. The minimum absolute atomic E-state index is 0.0490. The van der Waals surface area contributed by atoms with Crippen LogP contribution in [0, 0.1) is 0 Å². The van der Waals surface area contributed by atoms with Gasteiger partial charge in [-0.1, -0.05) is 24.3 Å². The predicted molar refractivity (Wildman–Crippen MR) is 64.4 cm³/mol. The number of carbonyl (C=O) groups excluding carboxylic acids is 2. The molecule has 0 aliphatic carbocycles. The molecule has 0 atom stereocenters. The van der Waals surface area contributed by atoms with Crippen LogP contribution >= 0.6 is 0 Å². The van der Waals surface area contributed by atoms with Gasteiger partial charge >= 0.3 is 6.03 Å². The van der Waals surface area contributed by atoms with Crippen LogP contribution in [0.5, 0.6) is 0 Å². The fourth-order valence-corrected chi connectivity index (χ4v) is 1.97. The molecule has 0 bridgehead atoms. The van der Waals surface area contributed by atoms with E-state index < -0.39 is 0 Å². The number of nitrogens with one attached hydrogen (secondary N) is 1. The molecule has 0 saturated carbocycles. The van der Waals surface area contributed by atoms with E-state index in [9.17, 15) is 9.59 Å². The molecule has 1 aromatic carbocycles. The Balaban J connectivity index is 1.82. The highest BCUT2D eigenvalue weighted by Crippen LogP contribution is 2.21. The first-order valence-electron chi connectivity index (χ1n) is 5.84. The lowest BCUT2D eigenvalue weighted by atomic mass is 10.1. The molecule has 1 aliphatic rings. The Labute approximate surface area is 101 Å². The summed E-state index contributed by atoms with van der Waals surface area (Å²) in [7, 11) is 0. The molecule has 4 heteroatoms. The fourth-order valence-electron chi connectivity index (χ4n) is 1.97. The van der Waals surface area contributed by atoms with Crippen LogP contribution in [0.2, 0.25) is 0 Å². The molecule has 0 fully saturated rings. The Bertz CT molecular complexity index is 393. The highest BCUT2D eigenvalue weighted by Gasteiger charge is 2.22. The second-order valence-electron chi connectivity index (χ2n) is 4.17. The van der Waals surface area contributed by atoms with E-state index in [1.54, 1.807) is 4.90 Å². The predicted octanol–water partition coefficient (Wildman–Crippen LogP) is 1.69. The molecule has 2 amide bonds. The van der Waals surface area contributed by atoms with E-state index >= 15 is 0 Å². The Morgan fingerprint density at radius 2 is 1.94 bits per heavy atom. The van der Waals surface area contributed by atoms with Crippen LogP contribution in [0.15, 0.2) is 24.3 Å². The third-order valence-electron chi connectivity index (χ3n) is 2.90. The monoisotopic (exact) mass is 232 g/mol. The summed E-state index contributed by atoms with van der Waals surface area (Å²) in [5.74, 6) is 0. The van der Waals surface area contributed by atoms with Crippen LogP contribution in [0.1, 0.15) is 24.0 Å². The number of fused-ring (bicyclic) bond motifs is 1. The Morgan fingerprint density at radius 1 is 1.29 bits per heavy atom. The Morgan fingerprint density at radius 3 is 2.53 bits per heavy atom. The molecule has 1 aliphatic heterocycles. The van der Waals surface area contributed by atoms with Crippen LogP contribution in [0.4, 0.5) is 4.79 Å². The molecule has 1 heterocycles. The molecule has 0 spiro atoms. The number of carbonyl (C=O) groups is 2. The van der Waals surface area contributed by atoms with Gasteiger partial charge in [0.15, 0.2) is 0 Å². The summed E-state index contributed by atoms with van der Waals surface area (Å²) >= 11 is 0. The van der Waals surface area contributed by atoms with Gasteiger partial charge < -0.3 is 15.0 Å². The number of aldehydes is 1. The average Bonchev–Trinajstić information content (AvgIpc) is 2.78. The molecular formula is C13H16N2O2. The molecule has 0 saturated heterocycles. The SMILES string of the molecule is O=CCCCNC(=O)N1Cc2ccccc2C1. The minimum Gasteiger partial charge on any atom is -0.338 e. The van der Waals surface area contributed by atoms with E-state index in [1.807, 2.05) is 12.1 Å². The summed E-state index contributed by atoms with van der Waals surface area (Å²) in [5.41, 5.74) is 2.44. The van der Waals surface area contributed by atoms with Crippen LogP contribution in [0.25, 0.3) is 0 Å². The fraction of sp³-hybridized carbons (Fsp3) is 0.385. The number of benzene rings is 1. The highest BCUT2D eigenvalue weighted by atomic mass is 16.2. The number of nitrogens with zero attached hydrogens (tertiary/aromatic N) is 1. The molecule has 0 aromatic heterocycles. The van der Waals surface area contributed by atoms with Crippen molar-refractivity contribution in [2.24, 2.45) is 0 Å². The van der Waals surface area contributed by atoms with Gasteiger partial charge in [0.2, 0.25) is 0 Å². The summed E-state index contributed by atoms with van der Waals surface area (Å²) in [5, 5.41) is 2.82. The molecule has 1 aromatic rings. The normalized spacial score (nSPS) is 13.3. The summed E-state index contributed by atoms with van der Waals surface area (Å²) in [6, 6.07) is 8.03. The van der Waals surface area contributed by atoms with E-state index in [0.717, 1.165) is 6.29 Å². The first-order chi connectivity index (χ1) is 8.31. The summed E-state index contributed by atoms with van der Waals surface area (Å²) in [6.07, 6.45) is 2.08. The number of unbranched alkanes of at least 4 members (excludes halogenated alkanes) is 1. The summed E-state index contributed by atoms with van der Waals surface area (Å²) in [6.45, 7) is 1.91. The lowest BCUT2D eigenvalue weighted by Crippen LogP contribution is -2.36. The maximum absolute atomic E-state index is 11.8. The third-order valence-corrected chi connectivity index (χ3v) is 2.90. The van der Waals surface area contributed by atoms with Gasteiger partial charge in [-0.25, -0.2) is 4.79 Å². The second-order valence-corrected chi connectivity index (χ2v) is 4.17. The molecule has 90 valence electrons. The van der Waals surface area contributed by atoms with Gasteiger partial charge in [0, 0.05) is 26.1 Å². The third kappa shape index (κ3) is 2.84. The van der Waals surface area contributed by atoms with Crippen molar-refractivity contribution in [3.8, 4) is 0 Å². The smallest absolute Gasteiger partial charge is 0.318 e. The van der Waals surface area contributed by atoms with Crippen molar-refractivity contribution in [2.45, 2.75) is 25.9 Å². The van der Waals surface area contributed by atoms with Crippen molar-refractivity contribution in [1.29, 1.82) is 0 Å². The number of urea groups is 1. The van der Waals surface area contributed by atoms with Crippen LogP contribution in [-0.4, -0.2) is 23.8 Å². The van der Waals surface area contributed by atoms with Crippen molar-refractivity contribution < 1.29 is 9.59 Å². The lowest BCUT2D eigenvalue weighted by molar-refractivity contribution is -0.107.